The molecule has 1 saturated carbocycles. The molecule has 4 heteroatoms. The van der Waals surface area contributed by atoms with E-state index in [2.05, 4.69) is 40.9 Å². The Bertz CT molecular complexity index is 393. The SMILES string of the molecule is CCCNC(Cc1ncnn1CC(C)C)CC1CCCC1. The fourth-order valence-corrected chi connectivity index (χ4v) is 3.40. The van der Waals surface area contributed by atoms with E-state index in [4.69, 9.17) is 0 Å². The quantitative estimate of drug-likeness (QED) is 0.758. The maximum atomic E-state index is 4.50. The Morgan fingerprint density at radius 2 is 2.10 bits per heavy atom. The minimum Gasteiger partial charge on any atom is -0.314 e. The van der Waals surface area contributed by atoms with E-state index < -0.39 is 0 Å². The predicted molar refractivity (Wildman–Crippen MR) is 87.2 cm³/mol. The highest BCUT2D eigenvalue weighted by molar-refractivity contribution is 4.91. The highest BCUT2D eigenvalue weighted by atomic mass is 15.3. The van der Waals surface area contributed by atoms with Crippen molar-refractivity contribution in [3.8, 4) is 0 Å². The van der Waals surface area contributed by atoms with Gasteiger partial charge in [-0.3, -0.25) is 0 Å². The molecule has 4 nitrogen and oxygen atoms in total. The Hall–Kier alpha value is -0.900. The van der Waals surface area contributed by atoms with Crippen LogP contribution in [0.5, 0.6) is 0 Å². The van der Waals surface area contributed by atoms with Gasteiger partial charge >= 0.3 is 0 Å². The van der Waals surface area contributed by atoms with Crippen LogP contribution in [0.4, 0.5) is 0 Å². The molecular weight excluding hydrogens is 260 g/mol. The van der Waals surface area contributed by atoms with Gasteiger partial charge in [-0.05, 0) is 31.2 Å². The lowest BCUT2D eigenvalue weighted by molar-refractivity contribution is 0.370. The molecule has 1 heterocycles. The molecule has 0 amide bonds. The van der Waals surface area contributed by atoms with Crippen molar-refractivity contribution in [1.82, 2.24) is 20.1 Å². The second-order valence-corrected chi connectivity index (χ2v) is 6.99. The largest absolute Gasteiger partial charge is 0.314 e. The summed E-state index contributed by atoms with van der Waals surface area (Å²) in [6.07, 6.45) is 10.9. The van der Waals surface area contributed by atoms with Crippen LogP contribution in [0.15, 0.2) is 6.33 Å². The van der Waals surface area contributed by atoms with Gasteiger partial charge in [0, 0.05) is 19.0 Å². The Kier molecular flexibility index (Phi) is 6.68. The third-order valence-corrected chi connectivity index (χ3v) is 4.44. The first kappa shape index (κ1) is 16.5. The molecule has 0 radical (unpaired) electrons. The molecule has 0 aromatic carbocycles. The van der Waals surface area contributed by atoms with Gasteiger partial charge in [0.2, 0.25) is 0 Å². The Balaban J connectivity index is 1.94. The van der Waals surface area contributed by atoms with E-state index in [1.54, 1.807) is 6.33 Å². The van der Waals surface area contributed by atoms with Crippen LogP contribution in [0, 0.1) is 11.8 Å². The molecule has 120 valence electrons. The Morgan fingerprint density at radius 1 is 1.33 bits per heavy atom. The van der Waals surface area contributed by atoms with Gasteiger partial charge in [0.25, 0.3) is 0 Å². The van der Waals surface area contributed by atoms with Crippen LogP contribution < -0.4 is 5.32 Å². The van der Waals surface area contributed by atoms with Crippen molar-refractivity contribution in [2.45, 2.75) is 78.3 Å². The van der Waals surface area contributed by atoms with Crippen molar-refractivity contribution < 1.29 is 0 Å². The molecule has 21 heavy (non-hydrogen) atoms. The summed E-state index contributed by atoms with van der Waals surface area (Å²) in [4.78, 5) is 4.50. The summed E-state index contributed by atoms with van der Waals surface area (Å²) < 4.78 is 2.10. The number of aromatic nitrogens is 3. The molecule has 0 spiro atoms. The van der Waals surface area contributed by atoms with Gasteiger partial charge < -0.3 is 5.32 Å². The van der Waals surface area contributed by atoms with Gasteiger partial charge in [-0.25, -0.2) is 9.67 Å². The van der Waals surface area contributed by atoms with E-state index in [0.29, 0.717) is 12.0 Å². The molecule has 1 aliphatic rings. The van der Waals surface area contributed by atoms with Crippen molar-refractivity contribution >= 4 is 0 Å². The number of hydrogen-bond acceptors (Lipinski definition) is 3. The van der Waals surface area contributed by atoms with Crippen LogP contribution in [0.1, 0.15) is 65.1 Å². The van der Waals surface area contributed by atoms with Gasteiger partial charge in [0.1, 0.15) is 12.2 Å². The van der Waals surface area contributed by atoms with Gasteiger partial charge in [-0.15, -0.1) is 0 Å². The maximum Gasteiger partial charge on any atom is 0.138 e. The first-order chi connectivity index (χ1) is 10.2. The van der Waals surface area contributed by atoms with Crippen molar-refractivity contribution in [2.24, 2.45) is 11.8 Å². The first-order valence-corrected chi connectivity index (χ1v) is 8.79. The molecule has 0 aliphatic heterocycles. The van der Waals surface area contributed by atoms with Gasteiger partial charge in [0.15, 0.2) is 0 Å². The molecule has 0 saturated heterocycles. The predicted octanol–water partition coefficient (Wildman–Crippen LogP) is 3.43. The molecular formula is C17H32N4. The fourth-order valence-electron chi connectivity index (χ4n) is 3.40. The minimum atomic E-state index is 0.558. The van der Waals surface area contributed by atoms with Crippen molar-refractivity contribution in [3.63, 3.8) is 0 Å². The average molecular weight is 292 g/mol. The molecule has 1 aliphatic carbocycles. The van der Waals surface area contributed by atoms with E-state index in [9.17, 15) is 0 Å². The topological polar surface area (TPSA) is 42.7 Å². The molecule has 2 rings (SSSR count). The molecule has 1 aromatic rings. The molecule has 1 atom stereocenters. The summed E-state index contributed by atoms with van der Waals surface area (Å²) in [5.41, 5.74) is 0. The molecule has 1 N–H and O–H groups in total. The summed E-state index contributed by atoms with van der Waals surface area (Å²) in [5, 5.41) is 8.13. The molecule has 1 aromatic heterocycles. The zero-order chi connectivity index (χ0) is 15.1. The van der Waals surface area contributed by atoms with E-state index >= 15 is 0 Å². The second-order valence-electron chi connectivity index (χ2n) is 6.99. The van der Waals surface area contributed by atoms with Crippen LogP contribution in [0.3, 0.4) is 0 Å². The van der Waals surface area contributed by atoms with Gasteiger partial charge in [0.05, 0.1) is 0 Å². The minimum absolute atomic E-state index is 0.558. The second kappa shape index (κ2) is 8.52. The summed E-state index contributed by atoms with van der Waals surface area (Å²) in [6, 6.07) is 0.558. The van der Waals surface area contributed by atoms with E-state index in [1.807, 2.05) is 0 Å². The molecule has 1 fully saturated rings. The van der Waals surface area contributed by atoms with Crippen molar-refractivity contribution in [2.75, 3.05) is 6.54 Å². The number of nitrogens with one attached hydrogen (secondary N) is 1. The maximum absolute atomic E-state index is 4.50. The summed E-state index contributed by atoms with van der Waals surface area (Å²) >= 11 is 0. The van der Waals surface area contributed by atoms with E-state index in [-0.39, 0.29) is 0 Å². The standard InChI is InChI=1S/C17H32N4/c1-4-9-18-16(10-15-7-5-6-8-15)11-17-19-13-20-21(17)12-14(2)3/h13-16,18H,4-12H2,1-3H3. The monoisotopic (exact) mass is 292 g/mol. The summed E-state index contributed by atoms with van der Waals surface area (Å²) in [7, 11) is 0. The third-order valence-electron chi connectivity index (χ3n) is 4.44. The lowest BCUT2D eigenvalue weighted by atomic mass is 9.96. The van der Waals surface area contributed by atoms with E-state index in [1.165, 1.54) is 38.5 Å². The zero-order valence-electron chi connectivity index (χ0n) is 14.0. The number of nitrogens with zero attached hydrogens (tertiary/aromatic N) is 3. The lowest BCUT2D eigenvalue weighted by Gasteiger charge is -2.22. The number of rotatable bonds is 9. The van der Waals surface area contributed by atoms with Crippen LogP contribution in [-0.2, 0) is 13.0 Å². The van der Waals surface area contributed by atoms with Crippen molar-refractivity contribution in [3.05, 3.63) is 12.2 Å². The fraction of sp³-hybridized carbons (Fsp3) is 0.882. The summed E-state index contributed by atoms with van der Waals surface area (Å²) in [6.45, 7) is 8.78. The van der Waals surface area contributed by atoms with Crippen LogP contribution in [0.25, 0.3) is 0 Å². The highest BCUT2D eigenvalue weighted by Crippen LogP contribution is 2.29. The lowest BCUT2D eigenvalue weighted by Crippen LogP contribution is -2.34. The number of hydrogen-bond donors (Lipinski definition) is 1. The van der Waals surface area contributed by atoms with E-state index in [0.717, 1.165) is 31.3 Å². The Morgan fingerprint density at radius 3 is 2.76 bits per heavy atom. The average Bonchev–Trinajstić information content (AvgIpc) is 3.08. The molecule has 1 unspecified atom stereocenters. The third kappa shape index (κ3) is 5.42. The highest BCUT2D eigenvalue weighted by Gasteiger charge is 2.21. The first-order valence-electron chi connectivity index (χ1n) is 8.79. The van der Waals surface area contributed by atoms with Crippen molar-refractivity contribution in [1.29, 1.82) is 0 Å². The van der Waals surface area contributed by atoms with Crippen LogP contribution >= 0.6 is 0 Å². The smallest absolute Gasteiger partial charge is 0.138 e. The van der Waals surface area contributed by atoms with Crippen LogP contribution in [0.2, 0.25) is 0 Å². The van der Waals surface area contributed by atoms with Crippen LogP contribution in [-0.4, -0.2) is 27.4 Å². The van der Waals surface area contributed by atoms with Gasteiger partial charge in [-0.2, -0.15) is 5.10 Å². The van der Waals surface area contributed by atoms with Gasteiger partial charge in [-0.1, -0.05) is 46.5 Å². The molecule has 0 bridgehead atoms. The zero-order valence-corrected chi connectivity index (χ0v) is 14.0. The Labute approximate surface area is 129 Å². The summed E-state index contributed by atoms with van der Waals surface area (Å²) in [5.74, 6) is 2.68. The normalized spacial score (nSPS) is 17.7.